The molecule has 4 heteroatoms. The zero-order chi connectivity index (χ0) is 15.5. The van der Waals surface area contributed by atoms with Gasteiger partial charge >= 0.3 is 11.9 Å². The number of carbonyl (C=O) groups excluding carboxylic acids is 2. The predicted molar refractivity (Wildman–Crippen MR) is 81.3 cm³/mol. The lowest BCUT2D eigenvalue weighted by molar-refractivity contribution is 0.0459. The third-order valence-corrected chi connectivity index (χ3v) is 2.71. The molecule has 0 aliphatic carbocycles. The molecular formula is C17H20O4. The molecule has 0 radical (unpaired) electrons. The number of benzene rings is 1. The van der Waals surface area contributed by atoms with Crippen molar-refractivity contribution in [3.8, 4) is 0 Å². The number of allylic oxidation sites excluding steroid dienone is 1. The van der Waals surface area contributed by atoms with E-state index in [1.807, 2.05) is 0 Å². The number of hydrogen-bond acceptors (Lipinski definition) is 4. The largest absolute Gasteiger partial charge is 0.462 e. The van der Waals surface area contributed by atoms with Crippen molar-refractivity contribution in [3.63, 3.8) is 0 Å². The Balaban J connectivity index is 2.69. The zero-order valence-corrected chi connectivity index (χ0v) is 12.0. The summed E-state index contributed by atoms with van der Waals surface area (Å²) < 4.78 is 10.2. The van der Waals surface area contributed by atoms with Crippen LogP contribution >= 0.6 is 0 Å². The van der Waals surface area contributed by atoms with E-state index in [0.29, 0.717) is 19.4 Å². The minimum atomic E-state index is -0.532. The van der Waals surface area contributed by atoms with Crippen LogP contribution in [0.3, 0.4) is 0 Å². The molecule has 1 rings (SSSR count). The second-order valence-electron chi connectivity index (χ2n) is 4.33. The Labute approximate surface area is 125 Å². The molecule has 0 aromatic heterocycles. The van der Waals surface area contributed by atoms with Crippen LogP contribution < -0.4 is 0 Å². The van der Waals surface area contributed by atoms with Crippen LogP contribution in [0.25, 0.3) is 0 Å². The van der Waals surface area contributed by atoms with Gasteiger partial charge < -0.3 is 9.47 Å². The summed E-state index contributed by atoms with van der Waals surface area (Å²) in [5.74, 6) is -1.05. The number of esters is 2. The van der Waals surface area contributed by atoms with E-state index in [-0.39, 0.29) is 17.7 Å². The maximum atomic E-state index is 12.0. The number of hydrogen-bond donors (Lipinski definition) is 0. The highest BCUT2D eigenvalue weighted by molar-refractivity contribution is 6.03. The number of carbonyl (C=O) groups is 2. The normalized spacial score (nSPS) is 9.71. The van der Waals surface area contributed by atoms with E-state index >= 15 is 0 Å². The van der Waals surface area contributed by atoms with Crippen LogP contribution in [0, 0.1) is 0 Å². The highest BCUT2D eigenvalue weighted by Crippen LogP contribution is 2.12. The summed E-state index contributed by atoms with van der Waals surface area (Å²) in [7, 11) is 0. The van der Waals surface area contributed by atoms with Crippen molar-refractivity contribution in [3.05, 3.63) is 60.7 Å². The van der Waals surface area contributed by atoms with Crippen molar-refractivity contribution in [1.29, 1.82) is 0 Å². The van der Waals surface area contributed by atoms with Crippen LogP contribution in [-0.4, -0.2) is 25.2 Å². The molecule has 0 heterocycles. The molecule has 4 nitrogen and oxygen atoms in total. The Kier molecular flexibility index (Phi) is 7.58. The molecule has 0 fully saturated rings. The van der Waals surface area contributed by atoms with Gasteiger partial charge in [-0.15, -0.1) is 13.2 Å². The Morgan fingerprint density at radius 1 is 0.905 bits per heavy atom. The van der Waals surface area contributed by atoms with Crippen LogP contribution in [0.4, 0.5) is 0 Å². The van der Waals surface area contributed by atoms with Gasteiger partial charge in [0.15, 0.2) is 0 Å². The molecule has 112 valence electrons. The average molecular weight is 288 g/mol. The molecule has 0 aliphatic heterocycles. The quantitative estimate of drug-likeness (QED) is 0.396. The highest BCUT2D eigenvalue weighted by Gasteiger charge is 2.18. The molecule has 0 unspecified atom stereocenters. The monoisotopic (exact) mass is 288 g/mol. The van der Waals surface area contributed by atoms with Gasteiger partial charge in [0.2, 0.25) is 0 Å². The number of ether oxygens (including phenoxy) is 2. The molecule has 0 aliphatic rings. The van der Waals surface area contributed by atoms with E-state index < -0.39 is 11.9 Å². The minimum Gasteiger partial charge on any atom is -0.462 e. The first-order chi connectivity index (χ1) is 10.2. The fourth-order valence-electron chi connectivity index (χ4n) is 1.62. The van der Waals surface area contributed by atoms with E-state index in [1.54, 1.807) is 36.4 Å². The maximum Gasteiger partial charge on any atom is 0.339 e. The topological polar surface area (TPSA) is 52.6 Å². The van der Waals surface area contributed by atoms with Gasteiger partial charge in [0.1, 0.15) is 0 Å². The van der Waals surface area contributed by atoms with E-state index in [2.05, 4.69) is 13.2 Å². The van der Waals surface area contributed by atoms with Crippen LogP contribution in [0.1, 0.15) is 40.0 Å². The van der Waals surface area contributed by atoms with Crippen LogP contribution in [0.15, 0.2) is 49.6 Å². The summed E-state index contributed by atoms with van der Waals surface area (Å²) in [5, 5.41) is 0. The molecular weight excluding hydrogens is 268 g/mol. The van der Waals surface area contributed by atoms with Crippen molar-refractivity contribution in [2.24, 2.45) is 0 Å². The van der Waals surface area contributed by atoms with Gasteiger partial charge in [0.05, 0.1) is 24.3 Å². The van der Waals surface area contributed by atoms with Crippen LogP contribution in [0.2, 0.25) is 0 Å². The Hall–Kier alpha value is -2.36. The van der Waals surface area contributed by atoms with E-state index in [0.717, 1.165) is 6.42 Å². The number of unbranched alkanes of at least 4 members (excludes halogenated alkanes) is 1. The Morgan fingerprint density at radius 3 is 1.95 bits per heavy atom. The average Bonchev–Trinajstić information content (AvgIpc) is 2.51. The smallest absolute Gasteiger partial charge is 0.339 e. The third-order valence-electron chi connectivity index (χ3n) is 2.71. The van der Waals surface area contributed by atoms with E-state index in [9.17, 15) is 9.59 Å². The lowest BCUT2D eigenvalue weighted by Crippen LogP contribution is -2.14. The fraction of sp³-hybridized carbons (Fsp3) is 0.294. The summed E-state index contributed by atoms with van der Waals surface area (Å²) in [6.07, 6.45) is 5.48. The summed E-state index contributed by atoms with van der Waals surface area (Å²) in [5.41, 5.74) is 0.440. The van der Waals surface area contributed by atoms with Crippen LogP contribution in [0.5, 0.6) is 0 Å². The number of rotatable bonds is 9. The summed E-state index contributed by atoms with van der Waals surface area (Å²) >= 11 is 0. The first-order valence-corrected chi connectivity index (χ1v) is 6.85. The second kappa shape index (κ2) is 9.53. The maximum absolute atomic E-state index is 12.0. The zero-order valence-electron chi connectivity index (χ0n) is 12.0. The van der Waals surface area contributed by atoms with Crippen molar-refractivity contribution in [2.45, 2.75) is 19.3 Å². The van der Waals surface area contributed by atoms with Crippen molar-refractivity contribution in [2.75, 3.05) is 13.2 Å². The van der Waals surface area contributed by atoms with Gasteiger partial charge in [-0.05, 0) is 31.4 Å². The van der Waals surface area contributed by atoms with Gasteiger partial charge in [-0.3, -0.25) is 0 Å². The molecule has 0 saturated heterocycles. The van der Waals surface area contributed by atoms with Crippen molar-refractivity contribution < 1.29 is 19.1 Å². The van der Waals surface area contributed by atoms with Crippen LogP contribution in [-0.2, 0) is 9.47 Å². The molecule has 0 N–H and O–H groups in total. The van der Waals surface area contributed by atoms with E-state index in [1.165, 1.54) is 0 Å². The minimum absolute atomic E-state index is 0.218. The molecule has 21 heavy (non-hydrogen) atoms. The van der Waals surface area contributed by atoms with Crippen molar-refractivity contribution >= 4 is 11.9 Å². The predicted octanol–water partition coefficient (Wildman–Crippen LogP) is 3.54. The Bertz CT molecular complexity index is 505. The van der Waals surface area contributed by atoms with Gasteiger partial charge in [-0.1, -0.05) is 24.3 Å². The SMILES string of the molecule is C=CCCCOC(=O)c1ccccc1C(=O)OCCC=C. The van der Waals surface area contributed by atoms with E-state index in [4.69, 9.17) is 9.47 Å². The van der Waals surface area contributed by atoms with Gasteiger partial charge in [-0.2, -0.15) is 0 Å². The fourth-order valence-corrected chi connectivity index (χ4v) is 1.62. The lowest BCUT2D eigenvalue weighted by Gasteiger charge is -2.09. The molecule has 0 spiro atoms. The van der Waals surface area contributed by atoms with Gasteiger partial charge in [-0.25, -0.2) is 9.59 Å². The summed E-state index contributed by atoms with van der Waals surface area (Å²) in [6.45, 7) is 7.69. The molecule has 1 aromatic carbocycles. The Morgan fingerprint density at radius 2 is 1.43 bits per heavy atom. The summed E-state index contributed by atoms with van der Waals surface area (Å²) in [6, 6.07) is 6.47. The molecule has 0 amide bonds. The molecule has 0 atom stereocenters. The third kappa shape index (κ3) is 5.65. The molecule has 0 bridgehead atoms. The first kappa shape index (κ1) is 16.7. The molecule has 0 saturated carbocycles. The van der Waals surface area contributed by atoms with Gasteiger partial charge in [0, 0.05) is 0 Å². The summed E-state index contributed by atoms with van der Waals surface area (Å²) in [4.78, 5) is 23.9. The molecule has 1 aromatic rings. The first-order valence-electron chi connectivity index (χ1n) is 6.85. The lowest BCUT2D eigenvalue weighted by atomic mass is 10.1. The highest BCUT2D eigenvalue weighted by atomic mass is 16.5. The van der Waals surface area contributed by atoms with Gasteiger partial charge in [0.25, 0.3) is 0 Å². The van der Waals surface area contributed by atoms with Crippen molar-refractivity contribution in [1.82, 2.24) is 0 Å². The second-order valence-corrected chi connectivity index (χ2v) is 4.33. The standard InChI is InChI=1S/C17H20O4/c1-3-5-9-13-21-17(19)15-11-8-7-10-14(15)16(18)20-12-6-4-2/h3-4,7-8,10-11H,1-2,5-6,9,12-13H2.